The van der Waals surface area contributed by atoms with Crippen molar-refractivity contribution in [2.45, 2.75) is 26.7 Å². The number of ether oxygens (including phenoxy) is 1. The van der Waals surface area contributed by atoms with Crippen LogP contribution in [0.1, 0.15) is 23.4 Å². The molecule has 0 fully saturated rings. The zero-order valence-corrected chi connectivity index (χ0v) is 14.8. The lowest BCUT2D eigenvalue weighted by atomic mass is 10.1. The molecule has 26 heavy (non-hydrogen) atoms. The van der Waals surface area contributed by atoms with Crippen molar-refractivity contribution in [2.75, 3.05) is 13.2 Å². The summed E-state index contributed by atoms with van der Waals surface area (Å²) in [7, 11) is 0. The van der Waals surface area contributed by atoms with Gasteiger partial charge in [0.1, 0.15) is 0 Å². The average molecular weight is 358 g/mol. The number of hydrogen-bond donors (Lipinski definition) is 2. The summed E-state index contributed by atoms with van der Waals surface area (Å²) in [6.07, 6.45) is 0.595. The monoisotopic (exact) mass is 358 g/mol. The molecule has 1 heterocycles. The Balaban J connectivity index is 1.89. The Morgan fingerprint density at radius 3 is 2.54 bits per heavy atom. The quantitative estimate of drug-likeness (QED) is 0.669. The topological polar surface area (TPSA) is 116 Å². The number of nitrogens with one attached hydrogen (secondary N) is 1. The molecule has 8 nitrogen and oxygen atoms in total. The molecule has 0 aliphatic rings. The van der Waals surface area contributed by atoms with Crippen LogP contribution in [0.4, 0.5) is 0 Å². The summed E-state index contributed by atoms with van der Waals surface area (Å²) in [6, 6.07) is 9.73. The first-order valence-corrected chi connectivity index (χ1v) is 8.19. The SMILES string of the molecule is Cc1nn(-c2ccccc2)c(C)c1CCC(=O)OCC(=O)NCC(N)=O. The Hall–Kier alpha value is -3.16. The maximum atomic E-state index is 11.8. The third kappa shape index (κ3) is 5.17. The van der Waals surface area contributed by atoms with Gasteiger partial charge in [-0.15, -0.1) is 0 Å². The molecule has 0 bridgehead atoms. The standard InChI is InChI=1S/C18H22N4O4/c1-12-15(13(2)22(21-12)14-6-4-3-5-7-14)8-9-18(25)26-11-17(24)20-10-16(19)23/h3-7H,8-11H2,1-2H3,(H2,19,23)(H,20,24). The van der Waals surface area contributed by atoms with E-state index in [1.54, 1.807) is 0 Å². The van der Waals surface area contributed by atoms with Crippen LogP contribution in [0, 0.1) is 13.8 Å². The second-order valence-electron chi connectivity index (χ2n) is 5.80. The number of esters is 1. The fourth-order valence-corrected chi connectivity index (χ4v) is 2.54. The number of amides is 2. The van der Waals surface area contributed by atoms with E-state index in [0.717, 1.165) is 22.6 Å². The minimum Gasteiger partial charge on any atom is -0.456 e. The van der Waals surface area contributed by atoms with Crippen LogP contribution in [-0.4, -0.2) is 40.7 Å². The molecule has 2 aromatic rings. The third-order valence-corrected chi connectivity index (χ3v) is 3.85. The lowest BCUT2D eigenvalue weighted by Crippen LogP contribution is -2.36. The number of carbonyl (C=O) groups excluding carboxylic acids is 3. The van der Waals surface area contributed by atoms with E-state index in [9.17, 15) is 14.4 Å². The van der Waals surface area contributed by atoms with E-state index in [-0.39, 0.29) is 13.0 Å². The first-order chi connectivity index (χ1) is 12.4. The summed E-state index contributed by atoms with van der Waals surface area (Å²) >= 11 is 0. The molecule has 1 aromatic carbocycles. The first kappa shape index (κ1) is 19.2. The molecule has 2 rings (SSSR count). The molecule has 138 valence electrons. The number of aromatic nitrogens is 2. The van der Waals surface area contributed by atoms with Gasteiger partial charge < -0.3 is 15.8 Å². The van der Waals surface area contributed by atoms with Crippen LogP contribution < -0.4 is 11.1 Å². The molecule has 0 saturated carbocycles. The molecule has 0 aliphatic carbocycles. The van der Waals surface area contributed by atoms with Gasteiger partial charge in [-0.25, -0.2) is 4.68 Å². The summed E-state index contributed by atoms with van der Waals surface area (Å²) in [5.74, 6) is -1.72. The minimum absolute atomic E-state index is 0.130. The van der Waals surface area contributed by atoms with Crippen molar-refractivity contribution in [3.8, 4) is 5.69 Å². The number of benzene rings is 1. The van der Waals surface area contributed by atoms with E-state index in [1.165, 1.54) is 0 Å². The largest absolute Gasteiger partial charge is 0.456 e. The fourth-order valence-electron chi connectivity index (χ4n) is 2.54. The molecule has 0 aliphatic heterocycles. The average Bonchev–Trinajstić information content (AvgIpc) is 2.91. The van der Waals surface area contributed by atoms with E-state index in [2.05, 4.69) is 10.4 Å². The molecule has 3 N–H and O–H groups in total. The molecule has 2 amide bonds. The Kier molecular flexibility index (Phi) is 6.48. The second-order valence-corrected chi connectivity index (χ2v) is 5.80. The van der Waals surface area contributed by atoms with Crippen molar-refractivity contribution in [1.82, 2.24) is 15.1 Å². The maximum absolute atomic E-state index is 11.8. The Labute approximate surface area is 151 Å². The zero-order chi connectivity index (χ0) is 19.1. The molecular weight excluding hydrogens is 336 g/mol. The van der Waals surface area contributed by atoms with Crippen molar-refractivity contribution in [1.29, 1.82) is 0 Å². The van der Waals surface area contributed by atoms with E-state index in [1.807, 2.05) is 48.9 Å². The third-order valence-electron chi connectivity index (χ3n) is 3.85. The van der Waals surface area contributed by atoms with Crippen molar-refractivity contribution >= 4 is 17.8 Å². The number of nitrogens with zero attached hydrogens (tertiary/aromatic N) is 2. The Morgan fingerprint density at radius 2 is 1.88 bits per heavy atom. The predicted octanol–water partition coefficient (Wildman–Crippen LogP) is 0.566. The Morgan fingerprint density at radius 1 is 1.19 bits per heavy atom. The van der Waals surface area contributed by atoms with Gasteiger partial charge in [-0.3, -0.25) is 14.4 Å². The molecule has 0 atom stereocenters. The van der Waals surface area contributed by atoms with E-state index in [0.29, 0.717) is 6.42 Å². The highest BCUT2D eigenvalue weighted by Gasteiger charge is 2.15. The lowest BCUT2D eigenvalue weighted by molar-refractivity contribution is -0.148. The lowest BCUT2D eigenvalue weighted by Gasteiger charge is -2.06. The van der Waals surface area contributed by atoms with Crippen LogP contribution in [0.15, 0.2) is 30.3 Å². The molecule has 1 aromatic heterocycles. The van der Waals surface area contributed by atoms with Gasteiger partial charge in [-0.05, 0) is 38.0 Å². The van der Waals surface area contributed by atoms with E-state index >= 15 is 0 Å². The minimum atomic E-state index is -0.661. The number of carbonyl (C=O) groups is 3. The van der Waals surface area contributed by atoms with Gasteiger partial charge in [0.25, 0.3) is 5.91 Å². The van der Waals surface area contributed by atoms with Crippen LogP contribution in [0.2, 0.25) is 0 Å². The normalized spacial score (nSPS) is 10.4. The zero-order valence-electron chi connectivity index (χ0n) is 14.8. The van der Waals surface area contributed by atoms with Crippen molar-refractivity contribution < 1.29 is 19.1 Å². The number of hydrogen-bond acceptors (Lipinski definition) is 5. The van der Waals surface area contributed by atoms with Gasteiger partial charge in [-0.1, -0.05) is 18.2 Å². The van der Waals surface area contributed by atoms with Crippen molar-refractivity contribution in [3.63, 3.8) is 0 Å². The number of primary amides is 1. The molecular formula is C18H22N4O4. The summed E-state index contributed by atoms with van der Waals surface area (Å²) in [6.45, 7) is 3.12. The summed E-state index contributed by atoms with van der Waals surface area (Å²) in [5, 5.41) is 6.78. The van der Waals surface area contributed by atoms with Crippen LogP contribution in [0.3, 0.4) is 0 Å². The fraction of sp³-hybridized carbons (Fsp3) is 0.333. The van der Waals surface area contributed by atoms with Gasteiger partial charge in [0.05, 0.1) is 17.9 Å². The predicted molar refractivity (Wildman–Crippen MR) is 94.5 cm³/mol. The van der Waals surface area contributed by atoms with Gasteiger partial charge in [-0.2, -0.15) is 5.10 Å². The van der Waals surface area contributed by atoms with Crippen LogP contribution in [0.25, 0.3) is 5.69 Å². The van der Waals surface area contributed by atoms with E-state index < -0.39 is 24.4 Å². The van der Waals surface area contributed by atoms with E-state index in [4.69, 9.17) is 10.5 Å². The number of para-hydroxylation sites is 1. The van der Waals surface area contributed by atoms with Crippen molar-refractivity contribution in [3.05, 3.63) is 47.3 Å². The highest BCUT2D eigenvalue weighted by Crippen LogP contribution is 2.19. The number of nitrogens with two attached hydrogens (primary N) is 1. The van der Waals surface area contributed by atoms with Gasteiger partial charge >= 0.3 is 5.97 Å². The van der Waals surface area contributed by atoms with Gasteiger partial charge in [0.15, 0.2) is 6.61 Å². The summed E-state index contributed by atoms with van der Waals surface area (Å²) < 4.78 is 6.74. The van der Waals surface area contributed by atoms with Gasteiger partial charge in [0.2, 0.25) is 5.91 Å². The highest BCUT2D eigenvalue weighted by atomic mass is 16.5. The second kappa shape index (κ2) is 8.80. The summed E-state index contributed by atoms with van der Waals surface area (Å²) in [4.78, 5) is 33.8. The molecule has 0 spiro atoms. The van der Waals surface area contributed by atoms with Crippen molar-refractivity contribution in [2.24, 2.45) is 5.73 Å². The van der Waals surface area contributed by atoms with Crippen LogP contribution in [0.5, 0.6) is 0 Å². The number of aryl methyl sites for hydroxylation is 1. The Bertz CT molecular complexity index is 799. The molecule has 0 unspecified atom stereocenters. The van der Waals surface area contributed by atoms with Crippen LogP contribution >= 0.6 is 0 Å². The number of rotatable bonds is 8. The van der Waals surface area contributed by atoms with Crippen LogP contribution in [-0.2, 0) is 25.5 Å². The smallest absolute Gasteiger partial charge is 0.306 e. The molecule has 0 saturated heterocycles. The molecule has 8 heteroatoms. The summed E-state index contributed by atoms with van der Waals surface area (Å²) in [5.41, 5.74) is 8.64. The highest BCUT2D eigenvalue weighted by molar-refractivity contribution is 5.85. The maximum Gasteiger partial charge on any atom is 0.306 e. The van der Waals surface area contributed by atoms with Gasteiger partial charge in [0, 0.05) is 12.1 Å². The first-order valence-electron chi connectivity index (χ1n) is 8.19. The molecule has 0 radical (unpaired) electrons.